The third kappa shape index (κ3) is 5.76. The lowest BCUT2D eigenvalue weighted by atomic mass is 9.76. The van der Waals surface area contributed by atoms with E-state index in [9.17, 15) is 14.4 Å². The third-order valence-electron chi connectivity index (χ3n) is 9.27. The number of halogens is 1. The maximum Gasteiger partial charge on any atom is 0.335 e. The summed E-state index contributed by atoms with van der Waals surface area (Å²) in [5, 5.41) is 2.42. The number of hydrogen-bond donors (Lipinski definition) is 1. The van der Waals surface area contributed by atoms with Crippen molar-refractivity contribution in [2.45, 2.75) is 24.7 Å². The molecule has 8 nitrogen and oxygen atoms in total. The topological polar surface area (TPSA) is 88.2 Å². The van der Waals surface area contributed by atoms with E-state index in [0.29, 0.717) is 29.4 Å². The first-order valence-corrected chi connectivity index (χ1v) is 17.0. The fourth-order valence-corrected chi connectivity index (χ4v) is 7.91. The Labute approximate surface area is 293 Å². The molecule has 4 aromatic carbocycles. The minimum Gasteiger partial charge on any atom is -0.493 e. The van der Waals surface area contributed by atoms with Gasteiger partial charge in [0.05, 0.1) is 16.4 Å². The number of barbiturate groups is 1. The molecular formula is C39H34IN3O5. The first-order valence-electron chi connectivity index (χ1n) is 15.9. The number of methoxy groups -OCH3 is 1. The Balaban J connectivity index is 1.35. The molecule has 2 atom stereocenters. The molecular weight excluding hydrogens is 717 g/mol. The largest absolute Gasteiger partial charge is 0.493 e. The number of nitrogens with one attached hydrogen (secondary N) is 1. The molecule has 7 rings (SSSR count). The molecule has 1 saturated heterocycles. The van der Waals surface area contributed by atoms with Gasteiger partial charge in [-0.2, -0.15) is 0 Å². The first kappa shape index (κ1) is 31.7. The number of imide groups is 2. The van der Waals surface area contributed by atoms with E-state index in [4.69, 9.17) is 9.47 Å². The van der Waals surface area contributed by atoms with Crippen LogP contribution in [0.5, 0.6) is 11.5 Å². The Morgan fingerprint density at radius 2 is 1.50 bits per heavy atom. The van der Waals surface area contributed by atoms with E-state index in [-0.39, 0.29) is 17.4 Å². The maximum atomic E-state index is 14.2. The van der Waals surface area contributed by atoms with Gasteiger partial charge in [-0.1, -0.05) is 73.3 Å². The molecule has 4 amide bonds. The minimum absolute atomic E-state index is 0.0848. The lowest BCUT2D eigenvalue weighted by molar-refractivity contribution is -0.122. The maximum absolute atomic E-state index is 14.2. The number of anilines is 2. The zero-order valence-electron chi connectivity index (χ0n) is 26.4. The molecule has 1 N–H and O–H groups in total. The van der Waals surface area contributed by atoms with Crippen molar-refractivity contribution in [1.29, 1.82) is 0 Å². The van der Waals surface area contributed by atoms with Gasteiger partial charge >= 0.3 is 6.03 Å². The number of ether oxygens (including phenoxy) is 2. The summed E-state index contributed by atoms with van der Waals surface area (Å²) in [7, 11) is 1.52. The number of rotatable bonds is 8. The molecule has 9 heteroatoms. The van der Waals surface area contributed by atoms with Gasteiger partial charge in [0.2, 0.25) is 0 Å². The first-order chi connectivity index (χ1) is 23.4. The van der Waals surface area contributed by atoms with Gasteiger partial charge < -0.3 is 14.4 Å². The fraction of sp³-hybridized carbons (Fsp3) is 0.205. The van der Waals surface area contributed by atoms with Crippen molar-refractivity contribution in [3.8, 4) is 11.5 Å². The van der Waals surface area contributed by atoms with Crippen molar-refractivity contribution in [3.05, 3.63) is 135 Å². The highest BCUT2D eigenvalue weighted by Gasteiger charge is 2.40. The summed E-state index contributed by atoms with van der Waals surface area (Å²) in [5.74, 6) is -0.285. The molecule has 242 valence electrons. The van der Waals surface area contributed by atoms with Crippen LogP contribution in [0, 0.1) is 3.57 Å². The Bertz CT molecular complexity index is 1890. The van der Waals surface area contributed by atoms with Crippen molar-refractivity contribution in [2.75, 3.05) is 36.6 Å². The normalized spacial score (nSPS) is 19.5. The van der Waals surface area contributed by atoms with Gasteiger partial charge in [-0.25, -0.2) is 9.69 Å². The molecule has 3 heterocycles. The van der Waals surface area contributed by atoms with Crippen LogP contribution in [0.25, 0.3) is 6.08 Å². The Morgan fingerprint density at radius 1 is 0.896 bits per heavy atom. The summed E-state index contributed by atoms with van der Waals surface area (Å²) >= 11 is 2.12. The van der Waals surface area contributed by atoms with Gasteiger partial charge in [0.1, 0.15) is 12.2 Å². The van der Waals surface area contributed by atoms with E-state index in [1.54, 1.807) is 18.2 Å². The van der Waals surface area contributed by atoms with Crippen LogP contribution in [-0.4, -0.2) is 44.7 Å². The number of nitrogens with zero attached hydrogens (tertiary/aromatic N) is 2. The molecule has 3 aliphatic rings. The highest BCUT2D eigenvalue weighted by atomic mass is 127. The zero-order valence-corrected chi connectivity index (χ0v) is 28.6. The Hall–Kier alpha value is -4.90. The minimum atomic E-state index is -0.773. The fourth-order valence-electron chi connectivity index (χ4n) is 7.13. The lowest BCUT2D eigenvalue weighted by Crippen LogP contribution is -2.54. The molecule has 0 radical (unpaired) electrons. The van der Waals surface area contributed by atoms with Crippen molar-refractivity contribution in [1.82, 2.24) is 5.32 Å². The van der Waals surface area contributed by atoms with Crippen LogP contribution in [0.2, 0.25) is 0 Å². The van der Waals surface area contributed by atoms with Gasteiger partial charge in [0, 0.05) is 30.6 Å². The van der Waals surface area contributed by atoms with E-state index < -0.39 is 17.8 Å². The third-order valence-corrected chi connectivity index (χ3v) is 10.1. The van der Waals surface area contributed by atoms with E-state index in [1.165, 1.54) is 30.0 Å². The van der Waals surface area contributed by atoms with Gasteiger partial charge in [0.25, 0.3) is 11.8 Å². The molecule has 0 aromatic heterocycles. The average Bonchev–Trinajstić information content (AvgIpc) is 3.10. The van der Waals surface area contributed by atoms with Crippen LogP contribution in [0.15, 0.2) is 103 Å². The van der Waals surface area contributed by atoms with Crippen LogP contribution in [-0.2, 0) is 9.59 Å². The second-order valence-electron chi connectivity index (χ2n) is 12.1. The number of carbonyl (C=O) groups is 3. The Morgan fingerprint density at radius 3 is 2.06 bits per heavy atom. The van der Waals surface area contributed by atoms with Gasteiger partial charge in [-0.15, -0.1) is 0 Å². The van der Waals surface area contributed by atoms with Gasteiger partial charge in [-0.05, 0) is 93.6 Å². The predicted molar refractivity (Wildman–Crippen MR) is 195 cm³/mol. The molecule has 0 unspecified atom stereocenters. The summed E-state index contributed by atoms with van der Waals surface area (Å²) < 4.78 is 12.1. The number of hydrogen-bond acceptors (Lipinski definition) is 6. The lowest BCUT2D eigenvalue weighted by Gasteiger charge is -2.44. The van der Waals surface area contributed by atoms with Crippen molar-refractivity contribution in [2.24, 2.45) is 0 Å². The van der Waals surface area contributed by atoms with Crippen LogP contribution in [0.3, 0.4) is 0 Å². The van der Waals surface area contributed by atoms with Crippen molar-refractivity contribution < 1.29 is 23.9 Å². The van der Waals surface area contributed by atoms with Crippen LogP contribution in [0.4, 0.5) is 16.2 Å². The molecule has 0 saturated carbocycles. The zero-order chi connectivity index (χ0) is 33.4. The Kier molecular flexibility index (Phi) is 8.79. The monoisotopic (exact) mass is 751 g/mol. The van der Waals surface area contributed by atoms with Gasteiger partial charge in [0.15, 0.2) is 11.5 Å². The van der Waals surface area contributed by atoms with E-state index in [2.05, 4.69) is 63.7 Å². The van der Waals surface area contributed by atoms with E-state index >= 15 is 0 Å². The van der Waals surface area contributed by atoms with Crippen molar-refractivity contribution >= 4 is 57.9 Å². The quantitative estimate of drug-likeness (QED) is 0.0874. The van der Waals surface area contributed by atoms with Crippen LogP contribution < -0.4 is 24.6 Å². The number of amides is 4. The summed E-state index contributed by atoms with van der Waals surface area (Å²) in [6, 6.07) is 27.4. The summed E-state index contributed by atoms with van der Waals surface area (Å²) in [4.78, 5) is 44.5. The van der Waals surface area contributed by atoms with Crippen molar-refractivity contribution in [3.63, 3.8) is 0 Å². The van der Waals surface area contributed by atoms with E-state index in [0.717, 1.165) is 45.5 Å². The van der Waals surface area contributed by atoms with Crippen LogP contribution >= 0.6 is 22.6 Å². The summed E-state index contributed by atoms with van der Waals surface area (Å²) in [5.41, 5.74) is 6.56. The molecule has 0 aliphatic carbocycles. The molecule has 4 aromatic rings. The smallest absolute Gasteiger partial charge is 0.335 e. The number of carbonyl (C=O) groups excluding carboxylic acids is 3. The number of urea groups is 1. The van der Waals surface area contributed by atoms with Crippen LogP contribution in [0.1, 0.15) is 52.5 Å². The van der Waals surface area contributed by atoms with Gasteiger partial charge in [-0.3, -0.25) is 14.9 Å². The number of benzene rings is 4. The molecule has 48 heavy (non-hydrogen) atoms. The SMILES string of the molecule is C=CCOc1c(I)cc(/C=C2\C(=O)NC(=O)N(c3cc4c5c(c3)[C@H](c3ccccc3)CCN5CC[C@@H]4c3ccccc3)C2=O)cc1OC. The van der Waals surface area contributed by atoms with E-state index in [1.807, 2.05) is 48.5 Å². The predicted octanol–water partition coefficient (Wildman–Crippen LogP) is 7.41. The second kappa shape index (κ2) is 13.3. The average molecular weight is 752 g/mol. The molecule has 3 aliphatic heterocycles. The molecule has 1 fully saturated rings. The summed E-state index contributed by atoms with van der Waals surface area (Å²) in [6.45, 7) is 5.83. The highest BCUT2D eigenvalue weighted by Crippen LogP contribution is 2.50. The standard InChI is InChI=1S/C39H34IN3O5/c1-3-18-48-36-33(40)20-24(21-34(36)47-2)19-32-37(44)41-39(46)43(38(32)45)27-22-30-28(25-10-6-4-7-11-25)14-16-42-17-15-29(31(23-27)35(30)42)26-12-8-5-9-13-26/h3-13,19-23,28-29H,1,14-18H2,2H3,(H,41,44,46)/b32-19+/t28-,29+. The second-order valence-corrected chi connectivity index (χ2v) is 13.2. The molecule has 0 bridgehead atoms. The highest BCUT2D eigenvalue weighted by molar-refractivity contribution is 14.1. The molecule has 0 spiro atoms. The summed E-state index contributed by atoms with van der Waals surface area (Å²) in [6.07, 6.45) is 4.95.